The molecule has 2 heteroatoms. The molecule has 17 heavy (non-hydrogen) atoms. The molecule has 2 aliphatic carbocycles. The van der Waals surface area contributed by atoms with E-state index in [1.165, 1.54) is 44.9 Å². The van der Waals surface area contributed by atoms with E-state index in [9.17, 15) is 0 Å². The van der Waals surface area contributed by atoms with Gasteiger partial charge < -0.3 is 10.1 Å². The van der Waals surface area contributed by atoms with Crippen LogP contribution in [0.3, 0.4) is 0 Å². The summed E-state index contributed by atoms with van der Waals surface area (Å²) in [4.78, 5) is 0. The van der Waals surface area contributed by atoms with Crippen LogP contribution in [0.5, 0.6) is 0 Å². The second-order valence-electron chi connectivity index (χ2n) is 6.39. The first kappa shape index (κ1) is 13.4. The standard InChI is InChI=1S/C15H29NO/c1-11-8-12(2)10-13(9-11)17-15-7-5-4-6-14(15)16-3/h11-16H,4-10H2,1-3H3. The third-order valence-electron chi connectivity index (χ3n) is 4.58. The second-order valence-corrected chi connectivity index (χ2v) is 6.39. The molecule has 0 heterocycles. The van der Waals surface area contributed by atoms with Gasteiger partial charge in [-0.15, -0.1) is 0 Å². The molecule has 2 fully saturated rings. The highest BCUT2D eigenvalue weighted by atomic mass is 16.5. The van der Waals surface area contributed by atoms with Crippen molar-refractivity contribution in [3.8, 4) is 0 Å². The highest BCUT2D eigenvalue weighted by Crippen LogP contribution is 2.33. The number of nitrogens with one attached hydrogen (secondary N) is 1. The van der Waals surface area contributed by atoms with Crippen molar-refractivity contribution in [3.63, 3.8) is 0 Å². The molecule has 4 atom stereocenters. The van der Waals surface area contributed by atoms with Crippen molar-refractivity contribution in [1.82, 2.24) is 5.32 Å². The van der Waals surface area contributed by atoms with Crippen LogP contribution in [-0.4, -0.2) is 25.3 Å². The Balaban J connectivity index is 1.85. The topological polar surface area (TPSA) is 21.3 Å². The van der Waals surface area contributed by atoms with Gasteiger partial charge in [0.15, 0.2) is 0 Å². The van der Waals surface area contributed by atoms with Crippen molar-refractivity contribution < 1.29 is 4.74 Å². The molecular formula is C15H29NO. The Kier molecular flexibility index (Phi) is 4.87. The maximum atomic E-state index is 6.41. The van der Waals surface area contributed by atoms with E-state index < -0.39 is 0 Å². The van der Waals surface area contributed by atoms with Gasteiger partial charge in [0.05, 0.1) is 12.2 Å². The Morgan fingerprint density at radius 3 is 2.24 bits per heavy atom. The normalized spacial score (nSPS) is 43.6. The van der Waals surface area contributed by atoms with Crippen LogP contribution < -0.4 is 5.32 Å². The molecule has 2 aliphatic rings. The summed E-state index contributed by atoms with van der Waals surface area (Å²) in [7, 11) is 2.08. The largest absolute Gasteiger partial charge is 0.373 e. The van der Waals surface area contributed by atoms with Gasteiger partial charge in [-0.25, -0.2) is 0 Å². The van der Waals surface area contributed by atoms with Gasteiger partial charge in [0.25, 0.3) is 0 Å². The molecule has 100 valence electrons. The first-order valence-electron chi connectivity index (χ1n) is 7.51. The fourth-order valence-electron chi connectivity index (χ4n) is 3.82. The molecular weight excluding hydrogens is 210 g/mol. The van der Waals surface area contributed by atoms with Crippen molar-refractivity contribution in [2.24, 2.45) is 11.8 Å². The maximum absolute atomic E-state index is 6.41. The zero-order valence-corrected chi connectivity index (χ0v) is 11.7. The predicted octanol–water partition coefficient (Wildman–Crippen LogP) is 3.36. The van der Waals surface area contributed by atoms with Crippen molar-refractivity contribution in [2.75, 3.05) is 7.05 Å². The molecule has 0 saturated heterocycles. The van der Waals surface area contributed by atoms with Gasteiger partial charge in [-0.1, -0.05) is 26.7 Å². The highest BCUT2D eigenvalue weighted by Gasteiger charge is 2.30. The molecule has 0 bridgehead atoms. The van der Waals surface area contributed by atoms with Gasteiger partial charge in [-0.05, 0) is 51.0 Å². The van der Waals surface area contributed by atoms with E-state index in [0.717, 1.165) is 11.8 Å². The summed E-state index contributed by atoms with van der Waals surface area (Å²) in [6.07, 6.45) is 10.2. The Bertz CT molecular complexity index is 221. The van der Waals surface area contributed by atoms with Gasteiger partial charge in [-0.3, -0.25) is 0 Å². The number of likely N-dealkylation sites (N-methyl/N-ethyl adjacent to an activating group) is 1. The molecule has 2 saturated carbocycles. The zero-order chi connectivity index (χ0) is 12.3. The van der Waals surface area contributed by atoms with Crippen LogP contribution in [0.25, 0.3) is 0 Å². The lowest BCUT2D eigenvalue weighted by Crippen LogP contribution is -2.44. The number of hydrogen-bond acceptors (Lipinski definition) is 2. The summed E-state index contributed by atoms with van der Waals surface area (Å²) in [5.41, 5.74) is 0. The summed E-state index contributed by atoms with van der Waals surface area (Å²) < 4.78 is 6.41. The molecule has 0 radical (unpaired) electrons. The van der Waals surface area contributed by atoms with E-state index in [1.807, 2.05) is 0 Å². The van der Waals surface area contributed by atoms with E-state index in [-0.39, 0.29) is 0 Å². The first-order valence-corrected chi connectivity index (χ1v) is 7.51. The Morgan fingerprint density at radius 1 is 0.941 bits per heavy atom. The molecule has 0 aromatic heterocycles. The van der Waals surface area contributed by atoms with Gasteiger partial charge in [0.1, 0.15) is 0 Å². The SMILES string of the molecule is CNC1CCCCC1OC1CC(C)CC(C)C1. The van der Waals surface area contributed by atoms with E-state index in [0.29, 0.717) is 18.2 Å². The molecule has 1 N–H and O–H groups in total. The summed E-state index contributed by atoms with van der Waals surface area (Å²) in [5.74, 6) is 1.70. The predicted molar refractivity (Wildman–Crippen MR) is 72.2 cm³/mol. The van der Waals surface area contributed by atoms with E-state index >= 15 is 0 Å². The lowest BCUT2D eigenvalue weighted by molar-refractivity contribution is -0.0739. The number of ether oxygens (including phenoxy) is 1. The first-order chi connectivity index (χ1) is 8.19. The fourth-order valence-corrected chi connectivity index (χ4v) is 3.82. The van der Waals surface area contributed by atoms with E-state index in [1.54, 1.807) is 0 Å². The van der Waals surface area contributed by atoms with Crippen LogP contribution in [0.2, 0.25) is 0 Å². The summed E-state index contributed by atoms with van der Waals surface area (Å²) in [6, 6.07) is 0.594. The molecule has 0 amide bonds. The minimum Gasteiger partial charge on any atom is -0.373 e. The van der Waals surface area contributed by atoms with Gasteiger partial charge >= 0.3 is 0 Å². The molecule has 2 rings (SSSR count). The van der Waals surface area contributed by atoms with Crippen molar-refractivity contribution in [2.45, 2.75) is 77.0 Å². The van der Waals surface area contributed by atoms with Gasteiger partial charge in [-0.2, -0.15) is 0 Å². The molecule has 0 aliphatic heterocycles. The average Bonchev–Trinajstić information content (AvgIpc) is 2.28. The molecule has 0 aromatic carbocycles. The van der Waals surface area contributed by atoms with Crippen molar-refractivity contribution >= 4 is 0 Å². The Labute approximate surface area is 107 Å². The molecule has 4 unspecified atom stereocenters. The van der Waals surface area contributed by atoms with Crippen LogP contribution in [0, 0.1) is 11.8 Å². The van der Waals surface area contributed by atoms with E-state index in [4.69, 9.17) is 4.74 Å². The Morgan fingerprint density at radius 2 is 1.59 bits per heavy atom. The zero-order valence-electron chi connectivity index (χ0n) is 11.7. The molecule has 2 nitrogen and oxygen atoms in total. The third kappa shape index (κ3) is 3.69. The number of hydrogen-bond donors (Lipinski definition) is 1. The van der Waals surface area contributed by atoms with Crippen LogP contribution in [-0.2, 0) is 4.74 Å². The summed E-state index contributed by atoms with van der Waals surface area (Å²) in [5, 5.41) is 3.44. The van der Waals surface area contributed by atoms with Crippen LogP contribution in [0.15, 0.2) is 0 Å². The van der Waals surface area contributed by atoms with Crippen molar-refractivity contribution in [1.29, 1.82) is 0 Å². The lowest BCUT2D eigenvalue weighted by atomic mass is 9.81. The van der Waals surface area contributed by atoms with Gasteiger partial charge in [0.2, 0.25) is 0 Å². The maximum Gasteiger partial charge on any atom is 0.0731 e. The van der Waals surface area contributed by atoms with Crippen LogP contribution in [0.4, 0.5) is 0 Å². The summed E-state index contributed by atoms with van der Waals surface area (Å²) >= 11 is 0. The Hall–Kier alpha value is -0.0800. The summed E-state index contributed by atoms with van der Waals surface area (Å²) in [6.45, 7) is 4.75. The van der Waals surface area contributed by atoms with Gasteiger partial charge in [0, 0.05) is 6.04 Å². The van der Waals surface area contributed by atoms with E-state index in [2.05, 4.69) is 26.2 Å². The minimum absolute atomic E-state index is 0.469. The monoisotopic (exact) mass is 239 g/mol. The highest BCUT2D eigenvalue weighted by molar-refractivity contribution is 4.83. The molecule has 0 aromatic rings. The quantitative estimate of drug-likeness (QED) is 0.815. The third-order valence-corrected chi connectivity index (χ3v) is 4.58. The average molecular weight is 239 g/mol. The fraction of sp³-hybridized carbons (Fsp3) is 1.00. The van der Waals surface area contributed by atoms with Crippen LogP contribution >= 0.6 is 0 Å². The lowest BCUT2D eigenvalue weighted by Gasteiger charge is -2.38. The molecule has 0 spiro atoms. The smallest absolute Gasteiger partial charge is 0.0731 e. The van der Waals surface area contributed by atoms with Crippen LogP contribution in [0.1, 0.15) is 58.8 Å². The van der Waals surface area contributed by atoms with Crippen molar-refractivity contribution in [3.05, 3.63) is 0 Å². The number of rotatable bonds is 3. The minimum atomic E-state index is 0.469. The second kappa shape index (κ2) is 6.19.